The average Bonchev–Trinajstić information content (AvgIpc) is 3.17. The summed E-state index contributed by atoms with van der Waals surface area (Å²) in [6.45, 7) is 2.94. The first-order valence-corrected chi connectivity index (χ1v) is 9.92. The molecule has 6 heteroatoms. The number of hydrogen-bond donors (Lipinski definition) is 1. The van der Waals surface area contributed by atoms with Gasteiger partial charge in [0.25, 0.3) is 0 Å². The molecule has 2 fully saturated rings. The van der Waals surface area contributed by atoms with Crippen LogP contribution in [0, 0.1) is 5.41 Å². The van der Waals surface area contributed by atoms with Crippen molar-refractivity contribution >= 4 is 5.96 Å². The van der Waals surface area contributed by atoms with E-state index < -0.39 is 0 Å². The van der Waals surface area contributed by atoms with Crippen LogP contribution < -0.4 is 14.8 Å². The SMILES string of the molecule is CN=C(NCc1ccc(Oc2ccc(OC)cc2)nc1)N1CCC2(CCC2)C1. The van der Waals surface area contributed by atoms with Gasteiger partial charge in [-0.15, -0.1) is 0 Å². The zero-order valence-electron chi connectivity index (χ0n) is 16.6. The molecule has 1 aliphatic heterocycles. The number of hydrogen-bond acceptors (Lipinski definition) is 4. The van der Waals surface area contributed by atoms with Crippen molar-refractivity contribution in [3.63, 3.8) is 0 Å². The fourth-order valence-corrected chi connectivity index (χ4v) is 4.05. The molecule has 1 saturated heterocycles. The Morgan fingerprint density at radius 1 is 1.14 bits per heavy atom. The van der Waals surface area contributed by atoms with Gasteiger partial charge in [-0.3, -0.25) is 4.99 Å². The van der Waals surface area contributed by atoms with Gasteiger partial charge in [-0.1, -0.05) is 12.5 Å². The number of nitrogens with zero attached hydrogens (tertiary/aromatic N) is 3. The highest BCUT2D eigenvalue weighted by Gasteiger charge is 2.43. The lowest BCUT2D eigenvalue weighted by Gasteiger charge is -2.38. The summed E-state index contributed by atoms with van der Waals surface area (Å²) in [7, 11) is 3.51. The number of likely N-dealkylation sites (tertiary alicyclic amines) is 1. The molecule has 1 aromatic heterocycles. The molecule has 0 unspecified atom stereocenters. The summed E-state index contributed by atoms with van der Waals surface area (Å²) in [6, 6.07) is 11.4. The van der Waals surface area contributed by atoms with E-state index in [0.29, 0.717) is 17.8 Å². The number of rotatable bonds is 5. The Morgan fingerprint density at radius 2 is 1.93 bits per heavy atom. The summed E-state index contributed by atoms with van der Waals surface area (Å²) >= 11 is 0. The molecule has 28 heavy (non-hydrogen) atoms. The summed E-state index contributed by atoms with van der Waals surface area (Å²) in [4.78, 5) is 11.3. The molecule has 6 nitrogen and oxygen atoms in total. The summed E-state index contributed by atoms with van der Waals surface area (Å²) in [5, 5.41) is 3.48. The maximum Gasteiger partial charge on any atom is 0.219 e. The number of guanidine groups is 1. The van der Waals surface area contributed by atoms with E-state index in [0.717, 1.165) is 36.1 Å². The Morgan fingerprint density at radius 3 is 2.50 bits per heavy atom. The molecule has 2 heterocycles. The lowest BCUT2D eigenvalue weighted by Crippen LogP contribution is -2.42. The van der Waals surface area contributed by atoms with Crippen molar-refractivity contribution in [2.45, 2.75) is 32.2 Å². The topological polar surface area (TPSA) is 59.0 Å². The summed E-state index contributed by atoms with van der Waals surface area (Å²) in [5.74, 6) is 3.10. The van der Waals surface area contributed by atoms with Gasteiger partial charge in [0.05, 0.1) is 7.11 Å². The van der Waals surface area contributed by atoms with Gasteiger partial charge in [-0.05, 0) is 54.5 Å². The van der Waals surface area contributed by atoms with Crippen molar-refractivity contribution in [2.75, 3.05) is 27.2 Å². The maximum absolute atomic E-state index is 5.78. The van der Waals surface area contributed by atoms with E-state index in [9.17, 15) is 0 Å². The molecule has 1 saturated carbocycles. The summed E-state index contributed by atoms with van der Waals surface area (Å²) < 4.78 is 10.9. The van der Waals surface area contributed by atoms with Crippen molar-refractivity contribution in [2.24, 2.45) is 10.4 Å². The number of benzene rings is 1. The minimum Gasteiger partial charge on any atom is -0.497 e. The lowest BCUT2D eigenvalue weighted by molar-refractivity contribution is 0.151. The van der Waals surface area contributed by atoms with E-state index >= 15 is 0 Å². The zero-order valence-corrected chi connectivity index (χ0v) is 16.6. The first-order chi connectivity index (χ1) is 13.7. The van der Waals surface area contributed by atoms with Crippen molar-refractivity contribution < 1.29 is 9.47 Å². The van der Waals surface area contributed by atoms with E-state index in [-0.39, 0.29) is 0 Å². The van der Waals surface area contributed by atoms with Crippen molar-refractivity contribution in [1.82, 2.24) is 15.2 Å². The summed E-state index contributed by atoms with van der Waals surface area (Å²) in [5.41, 5.74) is 1.67. The lowest BCUT2D eigenvalue weighted by atomic mass is 9.68. The molecule has 0 atom stereocenters. The molecule has 1 spiro atoms. The van der Waals surface area contributed by atoms with Crippen molar-refractivity contribution in [3.8, 4) is 17.4 Å². The predicted octanol–water partition coefficient (Wildman–Crippen LogP) is 3.83. The van der Waals surface area contributed by atoms with E-state index in [1.165, 1.54) is 25.7 Å². The fraction of sp³-hybridized carbons (Fsp3) is 0.455. The second kappa shape index (κ2) is 8.09. The number of aromatic nitrogens is 1. The van der Waals surface area contributed by atoms with Gasteiger partial charge in [0.2, 0.25) is 5.88 Å². The second-order valence-corrected chi connectivity index (χ2v) is 7.71. The molecular formula is C22H28N4O2. The highest BCUT2D eigenvalue weighted by molar-refractivity contribution is 5.80. The van der Waals surface area contributed by atoms with Gasteiger partial charge in [0.15, 0.2) is 5.96 Å². The first kappa shape index (κ1) is 18.6. The number of methoxy groups -OCH3 is 1. The number of ether oxygens (including phenoxy) is 2. The highest BCUT2D eigenvalue weighted by Crippen LogP contribution is 2.47. The number of aliphatic imine (C=N–C) groups is 1. The quantitative estimate of drug-likeness (QED) is 0.631. The van der Waals surface area contributed by atoms with Gasteiger partial charge in [0, 0.05) is 38.9 Å². The van der Waals surface area contributed by atoms with Crippen molar-refractivity contribution in [3.05, 3.63) is 48.2 Å². The van der Waals surface area contributed by atoms with Crippen LogP contribution in [0.4, 0.5) is 0 Å². The molecule has 0 amide bonds. The Bertz CT molecular complexity index is 813. The van der Waals surface area contributed by atoms with Crippen molar-refractivity contribution in [1.29, 1.82) is 0 Å². The molecule has 148 valence electrons. The molecule has 0 bridgehead atoms. The predicted molar refractivity (Wildman–Crippen MR) is 110 cm³/mol. The van der Waals surface area contributed by atoms with E-state index in [1.807, 2.05) is 49.6 Å². The molecule has 1 aromatic carbocycles. The normalized spacial score (nSPS) is 18.1. The molecule has 1 aliphatic carbocycles. The van der Waals surface area contributed by atoms with E-state index in [4.69, 9.17) is 9.47 Å². The van der Waals surface area contributed by atoms with Crippen LogP contribution in [0.25, 0.3) is 0 Å². The van der Waals surface area contributed by atoms with Crippen LogP contribution >= 0.6 is 0 Å². The summed E-state index contributed by atoms with van der Waals surface area (Å²) in [6.07, 6.45) is 7.28. The monoisotopic (exact) mass is 380 g/mol. The third-order valence-electron chi connectivity index (χ3n) is 5.89. The number of pyridine rings is 1. The minimum absolute atomic E-state index is 0.569. The first-order valence-electron chi connectivity index (χ1n) is 9.92. The van der Waals surface area contributed by atoms with Gasteiger partial charge in [-0.2, -0.15) is 0 Å². The minimum atomic E-state index is 0.569. The van der Waals surface area contributed by atoms with Gasteiger partial charge in [0.1, 0.15) is 11.5 Å². The Kier molecular flexibility index (Phi) is 5.37. The third kappa shape index (κ3) is 4.06. The largest absolute Gasteiger partial charge is 0.497 e. The van der Waals surface area contributed by atoms with Gasteiger partial charge < -0.3 is 19.7 Å². The molecule has 0 radical (unpaired) electrons. The maximum atomic E-state index is 5.78. The highest BCUT2D eigenvalue weighted by atomic mass is 16.5. The molecule has 1 N–H and O–H groups in total. The number of nitrogens with one attached hydrogen (secondary N) is 1. The smallest absolute Gasteiger partial charge is 0.219 e. The van der Waals surface area contributed by atoms with E-state index in [1.54, 1.807) is 7.11 Å². The van der Waals surface area contributed by atoms with Gasteiger partial charge >= 0.3 is 0 Å². The molecule has 2 aliphatic rings. The Hall–Kier alpha value is -2.76. The van der Waals surface area contributed by atoms with Crippen LogP contribution in [0.15, 0.2) is 47.6 Å². The van der Waals surface area contributed by atoms with Crippen LogP contribution in [-0.4, -0.2) is 43.1 Å². The van der Waals surface area contributed by atoms with Crippen LogP contribution in [-0.2, 0) is 6.54 Å². The van der Waals surface area contributed by atoms with E-state index in [2.05, 4.69) is 20.2 Å². The Labute approximate surface area is 166 Å². The fourth-order valence-electron chi connectivity index (χ4n) is 4.05. The molecule has 4 rings (SSSR count). The third-order valence-corrected chi connectivity index (χ3v) is 5.89. The van der Waals surface area contributed by atoms with Gasteiger partial charge in [-0.25, -0.2) is 4.98 Å². The van der Waals surface area contributed by atoms with Crippen LogP contribution in [0.1, 0.15) is 31.2 Å². The zero-order chi connectivity index (χ0) is 19.4. The Balaban J connectivity index is 1.30. The average molecular weight is 380 g/mol. The van der Waals surface area contributed by atoms with Crippen LogP contribution in [0.2, 0.25) is 0 Å². The van der Waals surface area contributed by atoms with Crippen LogP contribution in [0.3, 0.4) is 0 Å². The van der Waals surface area contributed by atoms with Crippen LogP contribution in [0.5, 0.6) is 17.4 Å². The molecular weight excluding hydrogens is 352 g/mol. The second-order valence-electron chi connectivity index (χ2n) is 7.71. The molecule has 2 aromatic rings. The standard InChI is InChI=1S/C22H28N4O2/c1-23-21(26-13-12-22(16-26)10-3-11-22)25-15-17-4-9-20(24-14-17)28-19-7-5-18(27-2)6-8-19/h4-9,14H,3,10-13,15-16H2,1-2H3,(H,23,25).